The molecule has 0 atom stereocenters. The lowest BCUT2D eigenvalue weighted by atomic mass is 9.99. The zero-order valence-corrected chi connectivity index (χ0v) is 7.76. The quantitative estimate of drug-likeness (QED) is 0.629. The summed E-state index contributed by atoms with van der Waals surface area (Å²) in [6, 6.07) is 4.01. The molecule has 0 unspecified atom stereocenters. The molecule has 0 spiro atoms. The summed E-state index contributed by atoms with van der Waals surface area (Å²) in [5.41, 5.74) is 9.10. The summed E-state index contributed by atoms with van der Waals surface area (Å²) in [6.45, 7) is 1.91. The first kappa shape index (κ1) is 8.38. The molecular formula is C10H14N2O. The van der Waals surface area contributed by atoms with Crippen LogP contribution in [0.4, 0.5) is 5.69 Å². The fourth-order valence-electron chi connectivity index (χ4n) is 1.79. The molecule has 3 heteroatoms. The molecule has 0 bridgehead atoms. The van der Waals surface area contributed by atoms with E-state index >= 15 is 0 Å². The number of nitrogens with one attached hydrogen (secondary N) is 1. The predicted molar refractivity (Wildman–Crippen MR) is 52.8 cm³/mol. The maximum atomic E-state index is 5.80. The molecule has 3 nitrogen and oxygen atoms in total. The van der Waals surface area contributed by atoms with Crippen LogP contribution in [0, 0.1) is 0 Å². The van der Waals surface area contributed by atoms with Gasteiger partial charge in [-0.3, -0.25) is 0 Å². The Balaban J connectivity index is 2.52. The van der Waals surface area contributed by atoms with Gasteiger partial charge in [0.25, 0.3) is 0 Å². The molecule has 0 radical (unpaired) electrons. The van der Waals surface area contributed by atoms with E-state index in [0.29, 0.717) is 0 Å². The van der Waals surface area contributed by atoms with Crippen molar-refractivity contribution in [1.29, 1.82) is 0 Å². The Morgan fingerprint density at radius 2 is 2.31 bits per heavy atom. The lowest BCUT2D eigenvalue weighted by molar-refractivity contribution is 0.407. The van der Waals surface area contributed by atoms with Gasteiger partial charge in [-0.1, -0.05) is 6.07 Å². The molecule has 13 heavy (non-hydrogen) atoms. The van der Waals surface area contributed by atoms with Crippen molar-refractivity contribution in [2.75, 3.05) is 19.4 Å². The largest absolute Gasteiger partial charge is 0.494 e. The van der Waals surface area contributed by atoms with Crippen molar-refractivity contribution in [3.63, 3.8) is 0 Å². The van der Waals surface area contributed by atoms with Gasteiger partial charge in [0.1, 0.15) is 5.75 Å². The zero-order chi connectivity index (χ0) is 9.26. The topological polar surface area (TPSA) is 47.3 Å². The van der Waals surface area contributed by atoms with E-state index in [4.69, 9.17) is 10.5 Å². The number of fused-ring (bicyclic) bond motifs is 1. The minimum atomic E-state index is 0.727. The second-order valence-corrected chi connectivity index (χ2v) is 3.25. The Labute approximate surface area is 77.9 Å². The van der Waals surface area contributed by atoms with E-state index < -0.39 is 0 Å². The van der Waals surface area contributed by atoms with Crippen LogP contribution in [0.1, 0.15) is 11.1 Å². The minimum absolute atomic E-state index is 0.727. The summed E-state index contributed by atoms with van der Waals surface area (Å²) in [4.78, 5) is 0. The third-order valence-electron chi connectivity index (χ3n) is 2.46. The highest BCUT2D eigenvalue weighted by atomic mass is 16.5. The molecule has 0 fully saturated rings. The maximum absolute atomic E-state index is 5.80. The normalized spacial score (nSPS) is 15.2. The Bertz CT molecular complexity index is 323. The van der Waals surface area contributed by atoms with Crippen LogP contribution in [0.2, 0.25) is 0 Å². The van der Waals surface area contributed by atoms with E-state index in [9.17, 15) is 0 Å². The van der Waals surface area contributed by atoms with Crippen LogP contribution >= 0.6 is 0 Å². The fraction of sp³-hybridized carbons (Fsp3) is 0.400. The Morgan fingerprint density at radius 3 is 3.08 bits per heavy atom. The van der Waals surface area contributed by atoms with E-state index in [1.807, 2.05) is 6.07 Å². The molecule has 3 N–H and O–H groups in total. The first-order chi connectivity index (χ1) is 6.33. The number of methoxy groups -OCH3 is 1. The molecule has 1 aliphatic heterocycles. The standard InChI is InChI=1S/C10H14N2O/c1-13-10-8-6-12-5-4-7(8)2-3-9(10)11/h2-3,12H,4-6,11H2,1H3. The van der Waals surface area contributed by atoms with Crippen molar-refractivity contribution >= 4 is 5.69 Å². The SMILES string of the molecule is COc1c(N)ccc2c1CNCC2. The van der Waals surface area contributed by atoms with Gasteiger partial charge in [0.2, 0.25) is 0 Å². The van der Waals surface area contributed by atoms with Gasteiger partial charge >= 0.3 is 0 Å². The molecule has 1 aliphatic rings. The van der Waals surface area contributed by atoms with Gasteiger partial charge in [-0.05, 0) is 24.6 Å². The number of ether oxygens (including phenoxy) is 1. The summed E-state index contributed by atoms with van der Waals surface area (Å²) >= 11 is 0. The minimum Gasteiger partial charge on any atom is -0.494 e. The van der Waals surface area contributed by atoms with E-state index in [2.05, 4.69) is 11.4 Å². The Kier molecular flexibility index (Phi) is 2.10. The summed E-state index contributed by atoms with van der Waals surface area (Å²) in [7, 11) is 1.67. The van der Waals surface area contributed by atoms with E-state index in [-0.39, 0.29) is 0 Å². The van der Waals surface area contributed by atoms with Gasteiger partial charge < -0.3 is 15.8 Å². The molecule has 0 aromatic heterocycles. The molecule has 0 saturated heterocycles. The van der Waals surface area contributed by atoms with Crippen LogP contribution in [0.3, 0.4) is 0 Å². The lowest BCUT2D eigenvalue weighted by Crippen LogP contribution is -2.24. The monoisotopic (exact) mass is 178 g/mol. The first-order valence-electron chi connectivity index (χ1n) is 4.48. The van der Waals surface area contributed by atoms with Crippen LogP contribution in [-0.2, 0) is 13.0 Å². The van der Waals surface area contributed by atoms with Gasteiger partial charge in [0.05, 0.1) is 12.8 Å². The van der Waals surface area contributed by atoms with Crippen molar-refractivity contribution in [1.82, 2.24) is 5.32 Å². The van der Waals surface area contributed by atoms with E-state index in [0.717, 1.165) is 30.9 Å². The van der Waals surface area contributed by atoms with Gasteiger partial charge in [0.15, 0.2) is 0 Å². The number of nitrogens with two attached hydrogens (primary N) is 1. The molecule has 1 aromatic carbocycles. The van der Waals surface area contributed by atoms with Crippen molar-refractivity contribution in [3.8, 4) is 5.75 Å². The van der Waals surface area contributed by atoms with Crippen molar-refractivity contribution < 1.29 is 4.74 Å². The summed E-state index contributed by atoms with van der Waals surface area (Å²) in [6.07, 6.45) is 1.06. The van der Waals surface area contributed by atoms with Crippen molar-refractivity contribution in [2.24, 2.45) is 0 Å². The third kappa shape index (κ3) is 1.35. The van der Waals surface area contributed by atoms with Gasteiger partial charge in [0, 0.05) is 12.1 Å². The van der Waals surface area contributed by atoms with E-state index in [1.54, 1.807) is 7.11 Å². The molecule has 0 saturated carbocycles. The van der Waals surface area contributed by atoms with Gasteiger partial charge in [-0.25, -0.2) is 0 Å². The highest BCUT2D eigenvalue weighted by molar-refractivity contribution is 5.59. The molecule has 1 heterocycles. The van der Waals surface area contributed by atoms with Crippen LogP contribution < -0.4 is 15.8 Å². The number of hydrogen-bond acceptors (Lipinski definition) is 3. The molecule has 1 aromatic rings. The number of hydrogen-bond donors (Lipinski definition) is 2. The summed E-state index contributed by atoms with van der Waals surface area (Å²) < 4.78 is 5.28. The summed E-state index contributed by atoms with van der Waals surface area (Å²) in [5.74, 6) is 0.838. The van der Waals surface area contributed by atoms with Gasteiger partial charge in [-0.15, -0.1) is 0 Å². The van der Waals surface area contributed by atoms with Gasteiger partial charge in [-0.2, -0.15) is 0 Å². The second-order valence-electron chi connectivity index (χ2n) is 3.25. The average Bonchev–Trinajstić information content (AvgIpc) is 2.18. The first-order valence-corrected chi connectivity index (χ1v) is 4.48. The average molecular weight is 178 g/mol. The second kappa shape index (κ2) is 3.26. The number of benzene rings is 1. The van der Waals surface area contributed by atoms with Crippen LogP contribution in [0.25, 0.3) is 0 Å². The molecule has 0 amide bonds. The fourth-order valence-corrected chi connectivity index (χ4v) is 1.79. The van der Waals surface area contributed by atoms with Crippen LogP contribution in [-0.4, -0.2) is 13.7 Å². The number of rotatable bonds is 1. The number of nitrogen functional groups attached to an aromatic ring is 1. The Hall–Kier alpha value is -1.22. The number of anilines is 1. The van der Waals surface area contributed by atoms with Crippen LogP contribution in [0.5, 0.6) is 5.75 Å². The lowest BCUT2D eigenvalue weighted by Gasteiger charge is -2.20. The molecule has 0 aliphatic carbocycles. The molecular weight excluding hydrogens is 164 g/mol. The van der Waals surface area contributed by atoms with Crippen LogP contribution in [0.15, 0.2) is 12.1 Å². The predicted octanol–water partition coefficient (Wildman–Crippen LogP) is 0.923. The highest BCUT2D eigenvalue weighted by Crippen LogP contribution is 2.30. The highest BCUT2D eigenvalue weighted by Gasteiger charge is 2.14. The third-order valence-corrected chi connectivity index (χ3v) is 2.46. The van der Waals surface area contributed by atoms with E-state index in [1.165, 1.54) is 11.1 Å². The molecule has 70 valence electrons. The molecule has 2 rings (SSSR count). The smallest absolute Gasteiger partial charge is 0.146 e. The van der Waals surface area contributed by atoms with Crippen molar-refractivity contribution in [3.05, 3.63) is 23.3 Å². The zero-order valence-electron chi connectivity index (χ0n) is 7.76. The maximum Gasteiger partial charge on any atom is 0.146 e. The Morgan fingerprint density at radius 1 is 1.46 bits per heavy atom. The van der Waals surface area contributed by atoms with Crippen molar-refractivity contribution in [2.45, 2.75) is 13.0 Å². The summed E-state index contributed by atoms with van der Waals surface area (Å²) in [5, 5.41) is 3.31.